The van der Waals surface area contributed by atoms with Crippen molar-refractivity contribution in [1.82, 2.24) is 9.97 Å². The van der Waals surface area contributed by atoms with Gasteiger partial charge in [0.15, 0.2) is 0 Å². The molecule has 0 spiro atoms. The first-order valence-electron chi connectivity index (χ1n) is 4.96. The van der Waals surface area contributed by atoms with E-state index >= 15 is 0 Å². The van der Waals surface area contributed by atoms with Crippen molar-refractivity contribution in [2.24, 2.45) is 5.41 Å². The van der Waals surface area contributed by atoms with Gasteiger partial charge in [0.2, 0.25) is 5.95 Å². The van der Waals surface area contributed by atoms with Crippen LogP contribution in [0.5, 0.6) is 0 Å². The van der Waals surface area contributed by atoms with Gasteiger partial charge in [-0.15, -0.1) is 0 Å². The lowest BCUT2D eigenvalue weighted by molar-refractivity contribution is 0.220. The summed E-state index contributed by atoms with van der Waals surface area (Å²) in [6.07, 6.45) is 3.87. The van der Waals surface area contributed by atoms with Gasteiger partial charge in [-0.1, -0.05) is 13.8 Å². The Morgan fingerprint density at radius 2 is 2.00 bits per heavy atom. The molecule has 1 aromatic heterocycles. The van der Waals surface area contributed by atoms with Crippen LogP contribution in [0.1, 0.15) is 20.3 Å². The fourth-order valence-electron chi connectivity index (χ4n) is 1.14. The Hall–Kier alpha value is -1.36. The summed E-state index contributed by atoms with van der Waals surface area (Å²) < 4.78 is 0. The van der Waals surface area contributed by atoms with Crippen LogP contribution in [0.3, 0.4) is 0 Å². The molecular weight excluding hydrogens is 192 g/mol. The molecule has 0 amide bonds. The van der Waals surface area contributed by atoms with Crippen LogP contribution in [-0.2, 0) is 0 Å². The molecule has 0 unspecified atom stereocenters. The third-order valence-corrected chi connectivity index (χ3v) is 2.19. The monoisotopic (exact) mass is 210 g/mol. The van der Waals surface area contributed by atoms with Crippen molar-refractivity contribution in [1.29, 1.82) is 0 Å². The quantitative estimate of drug-likeness (QED) is 0.672. The van der Waals surface area contributed by atoms with Gasteiger partial charge < -0.3 is 16.2 Å². The average molecular weight is 210 g/mol. The zero-order valence-corrected chi connectivity index (χ0v) is 9.20. The van der Waals surface area contributed by atoms with Gasteiger partial charge in [0.25, 0.3) is 0 Å². The molecule has 84 valence electrons. The van der Waals surface area contributed by atoms with Crippen LogP contribution in [0.15, 0.2) is 12.4 Å². The summed E-state index contributed by atoms with van der Waals surface area (Å²) in [6, 6.07) is 0. The number of anilines is 2. The Bertz CT molecular complexity index is 297. The summed E-state index contributed by atoms with van der Waals surface area (Å²) in [5.74, 6) is 0.565. The molecule has 1 heterocycles. The van der Waals surface area contributed by atoms with E-state index in [0.717, 1.165) is 13.0 Å². The maximum Gasteiger partial charge on any atom is 0.222 e. The maximum absolute atomic E-state index is 8.86. The normalized spacial score (nSPS) is 11.4. The second-order valence-electron chi connectivity index (χ2n) is 4.33. The van der Waals surface area contributed by atoms with Crippen LogP contribution in [0.25, 0.3) is 0 Å². The first-order chi connectivity index (χ1) is 7.03. The van der Waals surface area contributed by atoms with E-state index in [9.17, 15) is 0 Å². The molecule has 4 N–H and O–H groups in total. The number of nitrogens with two attached hydrogens (primary N) is 1. The molecule has 0 radical (unpaired) electrons. The zero-order valence-electron chi connectivity index (χ0n) is 9.20. The molecule has 0 aliphatic carbocycles. The van der Waals surface area contributed by atoms with E-state index in [-0.39, 0.29) is 12.0 Å². The highest BCUT2D eigenvalue weighted by atomic mass is 16.3. The van der Waals surface area contributed by atoms with Crippen LogP contribution in [0.4, 0.5) is 11.6 Å². The fraction of sp³-hybridized carbons (Fsp3) is 0.600. The minimum absolute atomic E-state index is 0.0273. The molecule has 15 heavy (non-hydrogen) atoms. The molecule has 0 atom stereocenters. The summed E-state index contributed by atoms with van der Waals surface area (Å²) in [5, 5.41) is 12.0. The molecule has 5 heteroatoms. The topological polar surface area (TPSA) is 84.1 Å². The molecule has 0 fully saturated rings. The largest absolute Gasteiger partial charge is 0.396 e. The Morgan fingerprint density at radius 3 is 2.53 bits per heavy atom. The van der Waals surface area contributed by atoms with Crippen molar-refractivity contribution in [2.75, 3.05) is 24.2 Å². The first-order valence-corrected chi connectivity index (χ1v) is 4.96. The Labute approximate surface area is 89.7 Å². The standard InChI is InChI=1S/C10H18N4O/c1-10(2,3-4-15)7-14-9-12-5-8(11)6-13-9/h5-6,15H,3-4,7,11H2,1-2H3,(H,12,13,14). The van der Waals surface area contributed by atoms with Crippen molar-refractivity contribution in [3.63, 3.8) is 0 Å². The Balaban J connectivity index is 2.46. The van der Waals surface area contributed by atoms with Crippen molar-refractivity contribution in [3.05, 3.63) is 12.4 Å². The number of aromatic nitrogens is 2. The highest BCUT2D eigenvalue weighted by Gasteiger charge is 2.16. The van der Waals surface area contributed by atoms with Gasteiger partial charge in [0.05, 0.1) is 18.1 Å². The van der Waals surface area contributed by atoms with Gasteiger partial charge in [-0.3, -0.25) is 0 Å². The van der Waals surface area contributed by atoms with Crippen LogP contribution in [0, 0.1) is 5.41 Å². The molecular formula is C10H18N4O. The molecule has 0 aromatic carbocycles. The van der Waals surface area contributed by atoms with E-state index in [2.05, 4.69) is 29.1 Å². The van der Waals surface area contributed by atoms with Crippen LogP contribution in [-0.4, -0.2) is 28.2 Å². The molecule has 0 saturated carbocycles. The predicted octanol–water partition coefficient (Wildman–Crippen LogP) is 0.879. The van der Waals surface area contributed by atoms with Crippen molar-refractivity contribution in [2.45, 2.75) is 20.3 Å². The van der Waals surface area contributed by atoms with Crippen molar-refractivity contribution < 1.29 is 5.11 Å². The minimum atomic E-state index is 0.0273. The van der Waals surface area contributed by atoms with E-state index in [4.69, 9.17) is 10.8 Å². The van der Waals surface area contributed by atoms with Gasteiger partial charge in [-0.05, 0) is 11.8 Å². The zero-order chi connectivity index (χ0) is 11.3. The van der Waals surface area contributed by atoms with E-state index in [1.807, 2.05) is 0 Å². The van der Waals surface area contributed by atoms with E-state index in [1.165, 1.54) is 0 Å². The van der Waals surface area contributed by atoms with Crippen molar-refractivity contribution >= 4 is 11.6 Å². The van der Waals surface area contributed by atoms with Gasteiger partial charge >= 0.3 is 0 Å². The van der Waals surface area contributed by atoms with Crippen LogP contribution in [0.2, 0.25) is 0 Å². The number of nitrogens with one attached hydrogen (secondary N) is 1. The summed E-state index contributed by atoms with van der Waals surface area (Å²) >= 11 is 0. The highest BCUT2D eigenvalue weighted by molar-refractivity contribution is 5.35. The third-order valence-electron chi connectivity index (χ3n) is 2.19. The number of hydrogen-bond donors (Lipinski definition) is 3. The summed E-state index contributed by atoms with van der Waals surface area (Å²) in [7, 11) is 0. The smallest absolute Gasteiger partial charge is 0.222 e. The predicted molar refractivity (Wildman–Crippen MR) is 60.4 cm³/mol. The van der Waals surface area contributed by atoms with E-state index < -0.39 is 0 Å². The number of aliphatic hydroxyl groups excluding tert-OH is 1. The van der Waals surface area contributed by atoms with Crippen LogP contribution >= 0.6 is 0 Å². The van der Waals surface area contributed by atoms with Gasteiger partial charge in [-0.25, -0.2) is 9.97 Å². The second-order valence-corrected chi connectivity index (χ2v) is 4.33. The van der Waals surface area contributed by atoms with Crippen LogP contribution < -0.4 is 11.1 Å². The fourth-order valence-corrected chi connectivity index (χ4v) is 1.14. The third kappa shape index (κ3) is 4.12. The number of nitrogen functional groups attached to an aromatic ring is 1. The lowest BCUT2D eigenvalue weighted by Crippen LogP contribution is -2.25. The molecule has 0 bridgehead atoms. The molecule has 0 saturated heterocycles. The van der Waals surface area contributed by atoms with Gasteiger partial charge in [-0.2, -0.15) is 0 Å². The molecule has 0 aliphatic heterocycles. The minimum Gasteiger partial charge on any atom is -0.396 e. The highest BCUT2D eigenvalue weighted by Crippen LogP contribution is 2.19. The molecule has 1 rings (SSSR count). The van der Waals surface area contributed by atoms with Gasteiger partial charge in [0.1, 0.15) is 0 Å². The second kappa shape index (κ2) is 4.93. The average Bonchev–Trinajstić information content (AvgIpc) is 2.17. The number of aliphatic hydroxyl groups is 1. The Morgan fingerprint density at radius 1 is 1.40 bits per heavy atom. The first kappa shape index (κ1) is 11.7. The number of rotatable bonds is 5. The maximum atomic E-state index is 8.86. The Kier molecular flexibility index (Phi) is 3.85. The van der Waals surface area contributed by atoms with E-state index in [0.29, 0.717) is 11.6 Å². The molecule has 0 aliphatic rings. The lowest BCUT2D eigenvalue weighted by Gasteiger charge is -2.23. The molecule has 1 aromatic rings. The SMILES string of the molecule is CC(C)(CCO)CNc1ncc(N)cn1. The summed E-state index contributed by atoms with van der Waals surface area (Å²) in [5.41, 5.74) is 6.05. The van der Waals surface area contributed by atoms with E-state index in [1.54, 1.807) is 12.4 Å². The number of nitrogens with zero attached hydrogens (tertiary/aromatic N) is 2. The molecule has 5 nitrogen and oxygen atoms in total. The summed E-state index contributed by atoms with van der Waals surface area (Å²) in [6.45, 7) is 5.07. The lowest BCUT2D eigenvalue weighted by atomic mass is 9.90. The summed E-state index contributed by atoms with van der Waals surface area (Å²) in [4.78, 5) is 8.06. The van der Waals surface area contributed by atoms with Gasteiger partial charge in [0, 0.05) is 13.2 Å². The number of hydrogen-bond acceptors (Lipinski definition) is 5. The van der Waals surface area contributed by atoms with Crippen molar-refractivity contribution in [3.8, 4) is 0 Å².